The van der Waals surface area contributed by atoms with Gasteiger partial charge in [0.15, 0.2) is 0 Å². The van der Waals surface area contributed by atoms with Gasteiger partial charge in [-0.1, -0.05) is 38.6 Å². The summed E-state index contributed by atoms with van der Waals surface area (Å²) in [6.45, 7) is 9.15. The lowest BCUT2D eigenvalue weighted by molar-refractivity contribution is -0.145. The highest BCUT2D eigenvalue weighted by Gasteiger charge is 2.24. The highest BCUT2D eigenvalue weighted by molar-refractivity contribution is 5.94. The van der Waals surface area contributed by atoms with Crippen molar-refractivity contribution in [3.63, 3.8) is 0 Å². The molecule has 0 saturated heterocycles. The summed E-state index contributed by atoms with van der Waals surface area (Å²) >= 11 is 0. The van der Waals surface area contributed by atoms with Crippen molar-refractivity contribution in [2.24, 2.45) is 5.92 Å². The summed E-state index contributed by atoms with van der Waals surface area (Å²) in [5, 5.41) is 2.93. The first-order valence-electron chi connectivity index (χ1n) is 7.09. The number of ether oxygens (including phenoxy) is 1. The normalized spacial score (nSPS) is 13.3. The van der Waals surface area contributed by atoms with E-state index < -0.39 is 6.10 Å². The molecule has 0 fully saturated rings. The van der Waals surface area contributed by atoms with Gasteiger partial charge in [0.2, 0.25) is 0 Å². The van der Waals surface area contributed by atoms with Gasteiger partial charge in [-0.15, -0.1) is 0 Å². The van der Waals surface area contributed by atoms with Crippen LogP contribution in [0.15, 0.2) is 43.0 Å². The molecular formula is C17H23NO3. The zero-order chi connectivity index (χ0) is 15.8. The van der Waals surface area contributed by atoms with Crippen LogP contribution < -0.4 is 5.32 Å². The zero-order valence-electron chi connectivity index (χ0n) is 12.8. The van der Waals surface area contributed by atoms with Crippen LogP contribution in [0.25, 0.3) is 0 Å². The largest absolute Gasteiger partial charge is 0.456 e. The number of hydrogen-bond donors (Lipinski definition) is 1. The van der Waals surface area contributed by atoms with Gasteiger partial charge < -0.3 is 10.1 Å². The molecule has 1 N–H and O–H groups in total. The van der Waals surface area contributed by atoms with E-state index in [1.54, 1.807) is 18.2 Å². The molecule has 4 nitrogen and oxygen atoms in total. The van der Waals surface area contributed by atoms with E-state index in [1.165, 1.54) is 6.92 Å². The molecule has 0 saturated carbocycles. The Bertz CT molecular complexity index is 482. The number of hydrogen-bond acceptors (Lipinski definition) is 3. The van der Waals surface area contributed by atoms with E-state index >= 15 is 0 Å². The number of carbonyl (C=O) groups excluding carboxylic acids is 2. The zero-order valence-corrected chi connectivity index (χ0v) is 12.8. The Labute approximate surface area is 126 Å². The third-order valence-corrected chi connectivity index (χ3v) is 3.01. The van der Waals surface area contributed by atoms with E-state index in [4.69, 9.17) is 4.74 Å². The standard InChI is InChI=1S/C17H23NO3/c1-5-16(21-13(4)19)15(11-12(2)3)18-17(20)14-9-7-6-8-10-14/h5-10,12,15-16H,1,11H2,2-4H3,(H,18,20)/t15-,16-/m0/s1. The SMILES string of the molecule is C=C[C@H](OC(C)=O)[C@H](CC(C)C)NC(=O)c1ccccc1. The molecule has 0 aliphatic rings. The predicted octanol–water partition coefficient (Wildman–Crippen LogP) is 2.95. The fourth-order valence-electron chi connectivity index (χ4n) is 2.11. The first kappa shape index (κ1) is 17.0. The molecule has 114 valence electrons. The average Bonchev–Trinajstić information content (AvgIpc) is 2.44. The van der Waals surface area contributed by atoms with Crippen molar-refractivity contribution in [1.82, 2.24) is 5.32 Å². The molecule has 21 heavy (non-hydrogen) atoms. The van der Waals surface area contributed by atoms with Gasteiger partial charge in [-0.2, -0.15) is 0 Å². The Hall–Kier alpha value is -2.10. The van der Waals surface area contributed by atoms with Crippen LogP contribution in [0, 0.1) is 5.92 Å². The van der Waals surface area contributed by atoms with E-state index in [9.17, 15) is 9.59 Å². The minimum absolute atomic E-state index is 0.180. The van der Waals surface area contributed by atoms with E-state index in [1.807, 2.05) is 18.2 Å². The minimum atomic E-state index is -0.530. The fourth-order valence-corrected chi connectivity index (χ4v) is 2.11. The molecule has 0 bridgehead atoms. The molecule has 0 aromatic heterocycles. The molecule has 0 unspecified atom stereocenters. The van der Waals surface area contributed by atoms with E-state index in [0.717, 1.165) is 0 Å². The number of esters is 1. The number of amides is 1. The summed E-state index contributed by atoms with van der Waals surface area (Å²) in [6.07, 6.45) is 1.72. The van der Waals surface area contributed by atoms with Crippen molar-refractivity contribution in [3.8, 4) is 0 Å². The maximum Gasteiger partial charge on any atom is 0.303 e. The molecule has 1 aromatic rings. The maximum atomic E-state index is 12.3. The van der Waals surface area contributed by atoms with Crippen LogP contribution >= 0.6 is 0 Å². The van der Waals surface area contributed by atoms with Crippen LogP contribution in [0.5, 0.6) is 0 Å². The van der Waals surface area contributed by atoms with E-state index in [-0.39, 0.29) is 17.9 Å². The van der Waals surface area contributed by atoms with Crippen molar-refractivity contribution < 1.29 is 14.3 Å². The number of carbonyl (C=O) groups is 2. The second-order valence-electron chi connectivity index (χ2n) is 5.39. The molecule has 0 aliphatic carbocycles. The van der Waals surface area contributed by atoms with Gasteiger partial charge in [-0.3, -0.25) is 9.59 Å². The van der Waals surface area contributed by atoms with Gasteiger partial charge in [0.05, 0.1) is 6.04 Å². The monoisotopic (exact) mass is 289 g/mol. The average molecular weight is 289 g/mol. The fraction of sp³-hybridized carbons (Fsp3) is 0.412. The van der Waals surface area contributed by atoms with Crippen molar-refractivity contribution in [2.75, 3.05) is 0 Å². The smallest absolute Gasteiger partial charge is 0.303 e. The van der Waals surface area contributed by atoms with Crippen LogP contribution in [0.2, 0.25) is 0 Å². The Morgan fingerprint density at radius 3 is 2.38 bits per heavy atom. The van der Waals surface area contributed by atoms with Crippen LogP contribution in [0.1, 0.15) is 37.6 Å². The van der Waals surface area contributed by atoms with Crippen molar-refractivity contribution >= 4 is 11.9 Å². The van der Waals surface area contributed by atoms with Gasteiger partial charge in [0, 0.05) is 12.5 Å². The molecular weight excluding hydrogens is 266 g/mol. The van der Waals surface area contributed by atoms with Gasteiger partial charge in [0.25, 0.3) is 5.91 Å². The molecule has 0 spiro atoms. The Kier molecular flexibility index (Phi) is 6.66. The third kappa shape index (κ3) is 5.81. The molecule has 0 heterocycles. The molecule has 2 atom stereocenters. The van der Waals surface area contributed by atoms with Gasteiger partial charge >= 0.3 is 5.97 Å². The van der Waals surface area contributed by atoms with Gasteiger partial charge in [-0.25, -0.2) is 0 Å². The van der Waals surface area contributed by atoms with Crippen molar-refractivity contribution in [1.29, 1.82) is 0 Å². The topological polar surface area (TPSA) is 55.4 Å². The first-order valence-corrected chi connectivity index (χ1v) is 7.09. The molecule has 0 aliphatic heterocycles. The summed E-state index contributed by atoms with van der Waals surface area (Å²) < 4.78 is 5.23. The predicted molar refractivity (Wildman–Crippen MR) is 82.9 cm³/mol. The molecule has 1 aromatic carbocycles. The molecule has 4 heteroatoms. The minimum Gasteiger partial charge on any atom is -0.456 e. The van der Waals surface area contributed by atoms with E-state index in [0.29, 0.717) is 17.9 Å². The van der Waals surface area contributed by atoms with Crippen LogP contribution in [0.4, 0.5) is 0 Å². The maximum absolute atomic E-state index is 12.3. The molecule has 1 rings (SSSR count). The molecule has 1 amide bonds. The summed E-state index contributed by atoms with van der Waals surface area (Å²) in [7, 11) is 0. The lowest BCUT2D eigenvalue weighted by atomic mass is 9.98. The van der Waals surface area contributed by atoms with Crippen molar-refractivity contribution in [2.45, 2.75) is 39.3 Å². The second-order valence-corrected chi connectivity index (χ2v) is 5.39. The Morgan fingerprint density at radius 2 is 1.90 bits per heavy atom. The number of rotatable bonds is 7. The second kappa shape index (κ2) is 8.25. The van der Waals surface area contributed by atoms with E-state index in [2.05, 4.69) is 25.7 Å². The summed E-state index contributed by atoms with van der Waals surface area (Å²) in [5.41, 5.74) is 0.580. The van der Waals surface area contributed by atoms with Gasteiger partial charge in [0.1, 0.15) is 6.10 Å². The van der Waals surface area contributed by atoms with Crippen molar-refractivity contribution in [3.05, 3.63) is 48.6 Å². The highest BCUT2D eigenvalue weighted by Crippen LogP contribution is 2.13. The quantitative estimate of drug-likeness (QED) is 0.620. The number of nitrogens with one attached hydrogen (secondary N) is 1. The van der Waals surface area contributed by atoms with Crippen LogP contribution in [-0.4, -0.2) is 24.0 Å². The first-order chi connectivity index (χ1) is 9.93. The lowest BCUT2D eigenvalue weighted by Gasteiger charge is -2.26. The van der Waals surface area contributed by atoms with Crippen LogP contribution in [-0.2, 0) is 9.53 Å². The molecule has 0 radical (unpaired) electrons. The summed E-state index contributed by atoms with van der Waals surface area (Å²) in [6, 6.07) is 8.67. The Balaban J connectivity index is 2.84. The van der Waals surface area contributed by atoms with Gasteiger partial charge in [-0.05, 0) is 30.5 Å². The number of benzene rings is 1. The summed E-state index contributed by atoms with van der Waals surface area (Å²) in [5.74, 6) is -0.216. The highest BCUT2D eigenvalue weighted by atomic mass is 16.5. The Morgan fingerprint density at radius 1 is 1.29 bits per heavy atom. The third-order valence-electron chi connectivity index (χ3n) is 3.01. The summed E-state index contributed by atoms with van der Waals surface area (Å²) in [4.78, 5) is 23.4. The van der Waals surface area contributed by atoms with Crippen LogP contribution in [0.3, 0.4) is 0 Å². The lowest BCUT2D eigenvalue weighted by Crippen LogP contribution is -2.45.